The fourth-order valence-electron chi connectivity index (χ4n) is 3.39. The first-order valence-corrected chi connectivity index (χ1v) is 10.1. The molecule has 3 rings (SSSR count). The third-order valence-electron chi connectivity index (χ3n) is 4.77. The predicted molar refractivity (Wildman–Crippen MR) is 90.1 cm³/mol. The number of urea groups is 1. The van der Waals surface area contributed by atoms with Crippen LogP contribution in [0.4, 0.5) is 4.79 Å². The van der Waals surface area contributed by atoms with E-state index in [4.69, 9.17) is 0 Å². The van der Waals surface area contributed by atoms with E-state index in [0.717, 1.165) is 5.56 Å². The SMILES string of the molecule is O=C1NCC(Cc2ccccc2)C(=O)N1CCC1CCS(=O)(=O)C1. The largest absolute Gasteiger partial charge is 0.337 e. The van der Waals surface area contributed by atoms with Crippen LogP contribution < -0.4 is 5.32 Å². The summed E-state index contributed by atoms with van der Waals surface area (Å²) in [5.41, 5.74) is 1.06. The molecule has 3 amide bonds. The average molecular weight is 350 g/mol. The van der Waals surface area contributed by atoms with Crippen molar-refractivity contribution < 1.29 is 18.0 Å². The summed E-state index contributed by atoms with van der Waals surface area (Å²) in [6.07, 6.45) is 1.77. The van der Waals surface area contributed by atoms with Gasteiger partial charge < -0.3 is 5.32 Å². The second kappa shape index (κ2) is 6.93. The van der Waals surface area contributed by atoms with Gasteiger partial charge in [0.2, 0.25) is 5.91 Å². The molecule has 1 N–H and O–H groups in total. The molecule has 2 saturated heterocycles. The van der Waals surface area contributed by atoms with E-state index in [9.17, 15) is 18.0 Å². The monoisotopic (exact) mass is 350 g/mol. The van der Waals surface area contributed by atoms with E-state index in [-0.39, 0.29) is 41.8 Å². The van der Waals surface area contributed by atoms with Gasteiger partial charge in [-0.05, 0) is 30.7 Å². The van der Waals surface area contributed by atoms with Gasteiger partial charge in [0.25, 0.3) is 0 Å². The molecule has 1 aromatic rings. The zero-order valence-electron chi connectivity index (χ0n) is 13.5. The first kappa shape index (κ1) is 17.0. The van der Waals surface area contributed by atoms with Crippen molar-refractivity contribution in [3.63, 3.8) is 0 Å². The lowest BCUT2D eigenvalue weighted by Crippen LogP contribution is -2.55. The van der Waals surface area contributed by atoms with E-state index in [2.05, 4.69) is 5.32 Å². The van der Waals surface area contributed by atoms with Gasteiger partial charge in [0.1, 0.15) is 0 Å². The molecule has 2 atom stereocenters. The summed E-state index contributed by atoms with van der Waals surface area (Å²) in [7, 11) is -2.93. The summed E-state index contributed by atoms with van der Waals surface area (Å²) >= 11 is 0. The summed E-state index contributed by atoms with van der Waals surface area (Å²) in [5.74, 6) is 0.00407. The van der Waals surface area contributed by atoms with Gasteiger partial charge in [-0.15, -0.1) is 0 Å². The molecule has 130 valence electrons. The molecule has 2 aliphatic heterocycles. The lowest BCUT2D eigenvalue weighted by Gasteiger charge is -2.32. The number of hydrogen-bond acceptors (Lipinski definition) is 4. The van der Waals surface area contributed by atoms with E-state index in [1.165, 1.54) is 4.90 Å². The molecular formula is C17H22N2O4S. The minimum Gasteiger partial charge on any atom is -0.337 e. The fourth-order valence-corrected chi connectivity index (χ4v) is 5.31. The van der Waals surface area contributed by atoms with Gasteiger partial charge >= 0.3 is 6.03 Å². The third kappa shape index (κ3) is 3.95. The first-order valence-electron chi connectivity index (χ1n) is 8.28. The van der Waals surface area contributed by atoms with Crippen LogP contribution in [0.5, 0.6) is 0 Å². The number of rotatable bonds is 5. The van der Waals surface area contributed by atoms with Gasteiger partial charge in [0.15, 0.2) is 9.84 Å². The van der Waals surface area contributed by atoms with Crippen molar-refractivity contribution in [2.45, 2.75) is 19.3 Å². The Bertz CT molecular complexity index is 717. The maximum atomic E-state index is 12.6. The van der Waals surface area contributed by atoms with Crippen LogP contribution in [0.3, 0.4) is 0 Å². The Kier molecular flexibility index (Phi) is 4.89. The van der Waals surface area contributed by atoms with Gasteiger partial charge in [-0.25, -0.2) is 13.2 Å². The van der Waals surface area contributed by atoms with Crippen molar-refractivity contribution in [1.29, 1.82) is 0 Å². The smallest absolute Gasteiger partial charge is 0.324 e. The van der Waals surface area contributed by atoms with Crippen LogP contribution in [0.25, 0.3) is 0 Å². The van der Waals surface area contributed by atoms with Gasteiger partial charge in [-0.3, -0.25) is 9.69 Å². The molecule has 1 aromatic carbocycles. The minimum atomic E-state index is -2.93. The summed E-state index contributed by atoms with van der Waals surface area (Å²) in [4.78, 5) is 25.9. The summed E-state index contributed by atoms with van der Waals surface area (Å²) in [6.45, 7) is 0.636. The molecule has 2 aliphatic rings. The van der Waals surface area contributed by atoms with Crippen LogP contribution in [-0.4, -0.2) is 49.9 Å². The highest BCUT2D eigenvalue weighted by Crippen LogP contribution is 2.23. The molecule has 0 radical (unpaired) electrons. The molecule has 2 unspecified atom stereocenters. The zero-order valence-corrected chi connectivity index (χ0v) is 14.3. The van der Waals surface area contributed by atoms with Gasteiger partial charge in [-0.2, -0.15) is 0 Å². The molecule has 2 heterocycles. The Hall–Kier alpha value is -1.89. The highest BCUT2D eigenvalue weighted by atomic mass is 32.2. The van der Waals surface area contributed by atoms with Crippen molar-refractivity contribution in [2.24, 2.45) is 11.8 Å². The molecule has 7 heteroatoms. The zero-order chi connectivity index (χ0) is 17.2. The van der Waals surface area contributed by atoms with Gasteiger partial charge in [0, 0.05) is 13.1 Å². The van der Waals surface area contributed by atoms with E-state index in [1.807, 2.05) is 30.3 Å². The normalized spacial score (nSPS) is 26.4. The number of carbonyl (C=O) groups excluding carboxylic acids is 2. The Labute approximate surface area is 142 Å². The van der Waals surface area contributed by atoms with E-state index >= 15 is 0 Å². The number of hydrogen-bond donors (Lipinski definition) is 1. The molecule has 0 saturated carbocycles. The Morgan fingerprint density at radius 2 is 1.92 bits per heavy atom. The second-order valence-corrected chi connectivity index (χ2v) is 8.85. The lowest BCUT2D eigenvalue weighted by molar-refractivity contribution is -0.133. The highest BCUT2D eigenvalue weighted by Gasteiger charge is 2.35. The molecule has 6 nitrogen and oxygen atoms in total. The number of imide groups is 1. The van der Waals surface area contributed by atoms with Crippen LogP contribution in [0.1, 0.15) is 18.4 Å². The van der Waals surface area contributed by atoms with Crippen molar-refractivity contribution >= 4 is 21.8 Å². The molecule has 24 heavy (non-hydrogen) atoms. The van der Waals surface area contributed by atoms with Crippen LogP contribution in [0.15, 0.2) is 30.3 Å². The standard InChI is InChI=1S/C17H22N2O4S/c20-16-15(10-13-4-2-1-3-5-13)11-18-17(21)19(16)8-6-14-7-9-24(22,23)12-14/h1-5,14-15H,6-12H2,(H,18,21). The van der Waals surface area contributed by atoms with Crippen molar-refractivity contribution in [2.75, 3.05) is 24.6 Å². The fraction of sp³-hybridized carbons (Fsp3) is 0.529. The number of sulfone groups is 1. The number of nitrogens with zero attached hydrogens (tertiary/aromatic N) is 1. The second-order valence-electron chi connectivity index (χ2n) is 6.62. The molecule has 2 fully saturated rings. The maximum absolute atomic E-state index is 12.6. The molecule has 0 spiro atoms. The lowest BCUT2D eigenvalue weighted by atomic mass is 9.96. The Morgan fingerprint density at radius 1 is 1.17 bits per heavy atom. The summed E-state index contributed by atoms with van der Waals surface area (Å²) in [5, 5.41) is 2.77. The topological polar surface area (TPSA) is 83.6 Å². The molecule has 0 aliphatic carbocycles. The number of nitrogens with one attached hydrogen (secondary N) is 1. The number of carbonyl (C=O) groups is 2. The van der Waals surface area contributed by atoms with Crippen molar-refractivity contribution in [3.05, 3.63) is 35.9 Å². The molecule has 0 bridgehead atoms. The van der Waals surface area contributed by atoms with Crippen molar-refractivity contribution in [3.8, 4) is 0 Å². The summed E-state index contributed by atoms with van der Waals surface area (Å²) < 4.78 is 23.0. The van der Waals surface area contributed by atoms with E-state index < -0.39 is 9.84 Å². The Morgan fingerprint density at radius 3 is 2.58 bits per heavy atom. The van der Waals surface area contributed by atoms with Gasteiger partial charge in [-0.1, -0.05) is 30.3 Å². The average Bonchev–Trinajstić information content (AvgIpc) is 2.90. The Balaban J connectivity index is 1.59. The van der Waals surface area contributed by atoms with Crippen LogP contribution in [-0.2, 0) is 21.1 Å². The molecular weight excluding hydrogens is 328 g/mol. The predicted octanol–water partition coefficient (Wildman–Crippen LogP) is 1.22. The van der Waals surface area contributed by atoms with Crippen molar-refractivity contribution in [1.82, 2.24) is 10.2 Å². The number of amides is 3. The quantitative estimate of drug-likeness (QED) is 0.865. The van der Waals surface area contributed by atoms with E-state index in [1.54, 1.807) is 0 Å². The van der Waals surface area contributed by atoms with Crippen LogP contribution in [0, 0.1) is 11.8 Å². The van der Waals surface area contributed by atoms with Crippen LogP contribution in [0.2, 0.25) is 0 Å². The first-order chi connectivity index (χ1) is 11.4. The highest BCUT2D eigenvalue weighted by molar-refractivity contribution is 7.91. The molecule has 0 aromatic heterocycles. The van der Waals surface area contributed by atoms with Gasteiger partial charge in [0.05, 0.1) is 17.4 Å². The summed E-state index contributed by atoms with van der Waals surface area (Å²) in [6, 6.07) is 9.36. The van der Waals surface area contributed by atoms with E-state index in [0.29, 0.717) is 25.8 Å². The third-order valence-corrected chi connectivity index (χ3v) is 6.61. The maximum Gasteiger partial charge on any atom is 0.324 e. The van der Waals surface area contributed by atoms with Crippen LogP contribution >= 0.6 is 0 Å². The minimum absolute atomic E-state index is 0.0464. The number of benzene rings is 1.